The van der Waals surface area contributed by atoms with Crippen LogP contribution in [0.4, 0.5) is 0 Å². The van der Waals surface area contributed by atoms with Crippen LogP contribution in [0.15, 0.2) is 55.5 Å². The number of amides is 1. The standard InChI is InChI=1S/C18H21ClN2O4S.C15H17ClN2O3S.C3H5ClO/c1-4-13-12(10-21-25-13)17(23)11-6-7-14(26-3)18(16(11)19)24-9-8-20-15(22)5-2;1-3-11-10(8-18-21-11)14(19)9-4-5-12(22-2)15(13(9)16)20-7-6-17;1-2-3(4)5/h6-7,10H,4-5,8-9H2,1-3H3,(H,20,22);4-5,8H,3,6-7,17H2,1-2H3;2H2,1H3. The predicted octanol–water partition coefficient (Wildman–Crippen LogP) is 8.09. The lowest BCUT2D eigenvalue weighted by Gasteiger charge is -2.14. The fourth-order valence-electron chi connectivity index (χ4n) is 4.35. The Balaban J connectivity index is 0.000000329. The van der Waals surface area contributed by atoms with Crippen LogP contribution in [0.5, 0.6) is 11.5 Å². The third-order valence-electron chi connectivity index (χ3n) is 7.11. The number of halogens is 3. The molecule has 2 heterocycles. The van der Waals surface area contributed by atoms with Crippen LogP contribution in [0.1, 0.15) is 83.9 Å². The highest BCUT2D eigenvalue weighted by atomic mass is 35.5. The molecule has 12 nitrogen and oxygen atoms in total. The van der Waals surface area contributed by atoms with Gasteiger partial charge in [0.05, 0.1) is 49.9 Å². The summed E-state index contributed by atoms with van der Waals surface area (Å²) >= 11 is 20.6. The van der Waals surface area contributed by atoms with E-state index in [0.717, 1.165) is 9.79 Å². The number of thioether (sulfide) groups is 2. The maximum absolute atomic E-state index is 12.8. The minimum absolute atomic E-state index is 0.0479. The Labute approximate surface area is 332 Å². The Kier molecular flexibility index (Phi) is 20.7. The number of hydrogen-bond acceptors (Lipinski definition) is 13. The average Bonchev–Trinajstić information content (AvgIpc) is 3.86. The molecule has 2 aromatic heterocycles. The van der Waals surface area contributed by atoms with E-state index in [0.29, 0.717) is 90.7 Å². The lowest BCUT2D eigenvalue weighted by atomic mass is 10.0. The number of ether oxygens (including phenoxy) is 2. The molecule has 0 aliphatic heterocycles. The van der Waals surface area contributed by atoms with Crippen molar-refractivity contribution in [3.63, 3.8) is 0 Å². The van der Waals surface area contributed by atoms with Crippen molar-refractivity contribution in [1.29, 1.82) is 0 Å². The molecule has 0 bridgehead atoms. The van der Waals surface area contributed by atoms with E-state index in [1.54, 1.807) is 32.0 Å². The van der Waals surface area contributed by atoms with Gasteiger partial charge in [0.25, 0.3) is 0 Å². The van der Waals surface area contributed by atoms with Gasteiger partial charge in [0.15, 0.2) is 23.1 Å². The number of carbonyl (C=O) groups excluding carboxylic acids is 4. The van der Waals surface area contributed by atoms with Crippen molar-refractivity contribution in [2.75, 3.05) is 38.8 Å². The van der Waals surface area contributed by atoms with Crippen molar-refractivity contribution in [3.05, 3.63) is 80.5 Å². The van der Waals surface area contributed by atoms with Crippen molar-refractivity contribution in [2.45, 2.75) is 63.2 Å². The number of aryl methyl sites for hydroxylation is 2. The van der Waals surface area contributed by atoms with Gasteiger partial charge < -0.3 is 29.6 Å². The van der Waals surface area contributed by atoms with Crippen LogP contribution in [0, 0.1) is 0 Å². The number of nitrogens with two attached hydrogens (primary N) is 1. The van der Waals surface area contributed by atoms with Crippen molar-refractivity contribution < 1.29 is 37.7 Å². The molecule has 4 aromatic rings. The zero-order chi connectivity index (χ0) is 39.5. The second kappa shape index (κ2) is 24.0. The molecule has 0 unspecified atom stereocenters. The monoisotopic (exact) mass is 828 g/mol. The van der Waals surface area contributed by atoms with Gasteiger partial charge >= 0.3 is 0 Å². The Morgan fingerprint density at radius 1 is 0.736 bits per heavy atom. The van der Waals surface area contributed by atoms with E-state index in [4.69, 9.17) is 59.1 Å². The van der Waals surface area contributed by atoms with Gasteiger partial charge in [-0.2, -0.15) is 0 Å². The summed E-state index contributed by atoms with van der Waals surface area (Å²) in [4.78, 5) is 48.0. The molecule has 0 radical (unpaired) electrons. The summed E-state index contributed by atoms with van der Waals surface area (Å²) in [6.45, 7) is 8.59. The van der Waals surface area contributed by atoms with Gasteiger partial charge in [-0.15, -0.1) is 23.5 Å². The first-order valence-electron chi connectivity index (χ1n) is 16.5. The van der Waals surface area contributed by atoms with Crippen LogP contribution in [0.3, 0.4) is 0 Å². The van der Waals surface area contributed by atoms with Gasteiger partial charge in [0, 0.05) is 43.4 Å². The van der Waals surface area contributed by atoms with E-state index in [-0.39, 0.29) is 39.4 Å². The third-order valence-corrected chi connectivity index (χ3v) is 9.65. The van der Waals surface area contributed by atoms with E-state index < -0.39 is 0 Å². The summed E-state index contributed by atoms with van der Waals surface area (Å²) in [7, 11) is 0. The van der Waals surface area contributed by atoms with Crippen LogP contribution >= 0.6 is 58.3 Å². The van der Waals surface area contributed by atoms with Crippen molar-refractivity contribution in [2.24, 2.45) is 5.73 Å². The van der Waals surface area contributed by atoms with Crippen LogP contribution in [0.2, 0.25) is 10.0 Å². The Bertz CT molecular complexity index is 1830. The molecule has 4 rings (SSSR count). The highest BCUT2D eigenvalue weighted by Crippen LogP contribution is 2.39. The number of aromatic nitrogens is 2. The number of nitrogens with one attached hydrogen (secondary N) is 1. The van der Waals surface area contributed by atoms with Gasteiger partial charge in [-0.25, -0.2) is 0 Å². The first-order chi connectivity index (χ1) is 25.4. The van der Waals surface area contributed by atoms with Crippen LogP contribution < -0.4 is 20.5 Å². The lowest BCUT2D eigenvalue weighted by molar-refractivity contribution is -0.120. The highest BCUT2D eigenvalue weighted by molar-refractivity contribution is 7.99. The Morgan fingerprint density at radius 3 is 1.53 bits per heavy atom. The molecule has 0 aliphatic carbocycles. The molecular weight excluding hydrogens is 787 g/mol. The maximum atomic E-state index is 12.8. The summed E-state index contributed by atoms with van der Waals surface area (Å²) in [5, 5.41) is 10.4. The zero-order valence-corrected chi connectivity index (χ0v) is 34.2. The SMILES string of the molecule is CCC(=O)Cl.CCC(=O)NCCOc1c(SC)ccc(C(=O)c2cnoc2CC)c1Cl.CCc1oncc1C(=O)c1ccc(SC)c(OCCN)c1Cl. The number of rotatable bonds is 17. The molecule has 0 spiro atoms. The quantitative estimate of drug-likeness (QED) is 0.0452. The Hall–Kier alpha value is -3.53. The second-order valence-electron chi connectivity index (χ2n) is 10.5. The molecule has 3 N–H and O–H groups in total. The molecule has 0 fully saturated rings. The van der Waals surface area contributed by atoms with Crippen LogP contribution in [-0.4, -0.2) is 71.8 Å². The lowest BCUT2D eigenvalue weighted by Crippen LogP contribution is -2.27. The molecule has 0 saturated carbocycles. The van der Waals surface area contributed by atoms with Gasteiger partial charge in [0.1, 0.15) is 24.7 Å². The average molecular weight is 830 g/mol. The molecule has 1 amide bonds. The van der Waals surface area contributed by atoms with Gasteiger partial charge in [-0.3, -0.25) is 19.2 Å². The van der Waals surface area contributed by atoms with Gasteiger partial charge in [-0.05, 0) is 48.4 Å². The molecule has 288 valence electrons. The minimum atomic E-state index is -0.273. The van der Waals surface area contributed by atoms with E-state index in [1.807, 2.05) is 32.4 Å². The second-order valence-corrected chi connectivity index (χ2v) is 13.4. The number of ketones is 2. The maximum Gasteiger partial charge on any atom is 0.221 e. The fourth-order valence-corrected chi connectivity index (χ4v) is 6.17. The summed E-state index contributed by atoms with van der Waals surface area (Å²) in [6, 6.07) is 6.98. The summed E-state index contributed by atoms with van der Waals surface area (Å²) < 4.78 is 21.5. The first-order valence-corrected chi connectivity index (χ1v) is 20.1. The number of hydrogen-bond donors (Lipinski definition) is 2. The molecule has 53 heavy (non-hydrogen) atoms. The number of carbonyl (C=O) groups is 4. The van der Waals surface area contributed by atoms with E-state index in [1.165, 1.54) is 35.9 Å². The topological polar surface area (TPSA) is 177 Å². The third kappa shape index (κ3) is 13.1. The van der Waals surface area contributed by atoms with Gasteiger partial charge in [-0.1, -0.05) is 61.2 Å². The normalized spacial score (nSPS) is 10.4. The molecule has 17 heteroatoms. The van der Waals surface area contributed by atoms with E-state index in [9.17, 15) is 19.2 Å². The zero-order valence-electron chi connectivity index (χ0n) is 30.3. The minimum Gasteiger partial charge on any atom is -0.490 e. The largest absolute Gasteiger partial charge is 0.490 e. The van der Waals surface area contributed by atoms with Crippen molar-refractivity contribution >= 4 is 81.0 Å². The first kappa shape index (κ1) is 45.6. The number of nitrogens with zero attached hydrogens (tertiary/aromatic N) is 2. The molecule has 0 saturated heterocycles. The molecule has 2 aromatic carbocycles. The molecule has 0 atom stereocenters. The summed E-state index contributed by atoms with van der Waals surface area (Å²) in [5.41, 5.74) is 6.98. The predicted molar refractivity (Wildman–Crippen MR) is 210 cm³/mol. The smallest absolute Gasteiger partial charge is 0.221 e. The molecular formula is C36H43Cl3N4O8S2. The highest BCUT2D eigenvalue weighted by Gasteiger charge is 2.24. The van der Waals surface area contributed by atoms with Crippen LogP contribution in [-0.2, 0) is 22.4 Å². The summed E-state index contributed by atoms with van der Waals surface area (Å²) in [6.07, 6.45) is 8.62. The fraction of sp³-hybridized carbons (Fsp3) is 0.389. The Morgan fingerprint density at radius 2 is 1.17 bits per heavy atom. The molecule has 0 aliphatic rings. The van der Waals surface area contributed by atoms with Crippen LogP contribution in [0.25, 0.3) is 0 Å². The number of benzene rings is 2. The van der Waals surface area contributed by atoms with Crippen molar-refractivity contribution in [1.82, 2.24) is 15.6 Å². The van der Waals surface area contributed by atoms with E-state index in [2.05, 4.69) is 15.6 Å². The van der Waals surface area contributed by atoms with Crippen molar-refractivity contribution in [3.8, 4) is 11.5 Å². The van der Waals surface area contributed by atoms with E-state index >= 15 is 0 Å². The van der Waals surface area contributed by atoms with Gasteiger partial charge in [0.2, 0.25) is 11.1 Å². The summed E-state index contributed by atoms with van der Waals surface area (Å²) in [5.74, 6) is 1.45.